The van der Waals surface area contributed by atoms with E-state index in [9.17, 15) is 8.78 Å². The van der Waals surface area contributed by atoms with E-state index in [0.717, 1.165) is 32.0 Å². The highest BCUT2D eigenvalue weighted by atomic mass is 19.1. The second-order valence-corrected chi connectivity index (χ2v) is 4.64. The van der Waals surface area contributed by atoms with Gasteiger partial charge in [-0.2, -0.15) is 4.98 Å². The van der Waals surface area contributed by atoms with E-state index < -0.39 is 11.6 Å². The number of aromatic nitrogens is 2. The summed E-state index contributed by atoms with van der Waals surface area (Å²) in [6.45, 7) is 1.83. The Morgan fingerprint density at radius 2 is 1.79 bits per heavy atom. The van der Waals surface area contributed by atoms with Gasteiger partial charge in [0, 0.05) is 17.5 Å². The van der Waals surface area contributed by atoms with Crippen molar-refractivity contribution in [2.24, 2.45) is 0 Å². The first-order valence-electron chi connectivity index (χ1n) is 6.23. The molecule has 6 heteroatoms. The van der Waals surface area contributed by atoms with Crippen LogP contribution in [0.25, 0.3) is 11.4 Å². The zero-order chi connectivity index (χ0) is 13.2. The summed E-state index contributed by atoms with van der Waals surface area (Å²) in [5.41, 5.74) is 0.293. The third-order valence-electron chi connectivity index (χ3n) is 3.25. The molecule has 0 bridgehead atoms. The van der Waals surface area contributed by atoms with Gasteiger partial charge < -0.3 is 9.84 Å². The minimum atomic E-state index is -0.650. The lowest BCUT2D eigenvalue weighted by Gasteiger charge is -2.18. The van der Waals surface area contributed by atoms with Gasteiger partial charge in [-0.1, -0.05) is 5.16 Å². The van der Waals surface area contributed by atoms with E-state index in [2.05, 4.69) is 15.5 Å². The van der Waals surface area contributed by atoms with Gasteiger partial charge >= 0.3 is 0 Å². The molecule has 1 aliphatic heterocycles. The Bertz CT molecular complexity index is 559. The summed E-state index contributed by atoms with van der Waals surface area (Å²) in [5, 5.41) is 7.05. The Kier molecular flexibility index (Phi) is 3.25. The molecule has 0 radical (unpaired) electrons. The largest absolute Gasteiger partial charge is 0.339 e. The van der Waals surface area contributed by atoms with Crippen molar-refractivity contribution < 1.29 is 13.3 Å². The first kappa shape index (κ1) is 12.2. The maximum Gasteiger partial charge on any atom is 0.230 e. The summed E-state index contributed by atoms with van der Waals surface area (Å²) >= 11 is 0. The molecule has 1 aromatic carbocycles. The van der Waals surface area contributed by atoms with Crippen LogP contribution >= 0.6 is 0 Å². The molecule has 0 spiro atoms. The van der Waals surface area contributed by atoms with Gasteiger partial charge in [0.25, 0.3) is 0 Å². The number of benzene rings is 1. The average molecular weight is 265 g/mol. The predicted octanol–water partition coefficient (Wildman–Crippen LogP) is 2.48. The van der Waals surface area contributed by atoms with Crippen molar-refractivity contribution in [1.29, 1.82) is 0 Å². The molecule has 1 fully saturated rings. The fourth-order valence-corrected chi connectivity index (χ4v) is 2.27. The van der Waals surface area contributed by atoms with Crippen molar-refractivity contribution in [1.82, 2.24) is 15.5 Å². The Morgan fingerprint density at radius 3 is 2.47 bits per heavy atom. The van der Waals surface area contributed by atoms with Crippen molar-refractivity contribution >= 4 is 0 Å². The molecule has 1 N–H and O–H groups in total. The van der Waals surface area contributed by atoms with Crippen molar-refractivity contribution in [2.45, 2.75) is 18.8 Å². The molecule has 0 unspecified atom stereocenters. The van der Waals surface area contributed by atoms with Gasteiger partial charge in [0.05, 0.1) is 0 Å². The van der Waals surface area contributed by atoms with E-state index in [-0.39, 0.29) is 11.7 Å². The molecule has 1 aliphatic rings. The molecule has 100 valence electrons. The molecular formula is C13H13F2N3O. The van der Waals surface area contributed by atoms with Crippen molar-refractivity contribution in [3.63, 3.8) is 0 Å². The van der Waals surface area contributed by atoms with Crippen molar-refractivity contribution in [3.8, 4) is 11.4 Å². The maximum absolute atomic E-state index is 13.1. The van der Waals surface area contributed by atoms with E-state index in [1.807, 2.05) is 0 Å². The van der Waals surface area contributed by atoms with Crippen LogP contribution < -0.4 is 5.32 Å². The lowest BCUT2D eigenvalue weighted by atomic mass is 9.98. The standard InChI is InChI=1S/C13H13F2N3O/c14-10-5-9(6-11(15)7-10)12-17-13(19-18-12)8-1-3-16-4-2-8/h5-8,16H,1-4H2. The summed E-state index contributed by atoms with van der Waals surface area (Å²) in [5.74, 6) is -0.305. The molecule has 19 heavy (non-hydrogen) atoms. The molecule has 0 atom stereocenters. The fraction of sp³-hybridized carbons (Fsp3) is 0.385. The Labute approximate surface area is 108 Å². The molecule has 0 amide bonds. The monoisotopic (exact) mass is 265 g/mol. The molecule has 2 heterocycles. The molecule has 3 rings (SSSR count). The van der Waals surface area contributed by atoms with Gasteiger partial charge in [0.15, 0.2) is 0 Å². The Balaban J connectivity index is 1.87. The van der Waals surface area contributed by atoms with Gasteiger partial charge in [-0.25, -0.2) is 8.78 Å². The number of nitrogens with zero attached hydrogens (tertiary/aromatic N) is 2. The summed E-state index contributed by atoms with van der Waals surface area (Å²) in [4.78, 5) is 4.25. The molecule has 0 saturated carbocycles. The average Bonchev–Trinajstić information content (AvgIpc) is 2.88. The number of nitrogens with one attached hydrogen (secondary N) is 1. The number of hydrogen-bond donors (Lipinski definition) is 1. The third-order valence-corrected chi connectivity index (χ3v) is 3.25. The second kappa shape index (κ2) is 5.05. The first-order valence-corrected chi connectivity index (χ1v) is 6.23. The summed E-state index contributed by atoms with van der Waals surface area (Å²) in [6, 6.07) is 3.21. The normalized spacial score (nSPS) is 16.7. The third kappa shape index (κ3) is 2.63. The topological polar surface area (TPSA) is 51.0 Å². The molecule has 0 aliphatic carbocycles. The Morgan fingerprint density at radius 1 is 1.11 bits per heavy atom. The van der Waals surface area contributed by atoms with Crippen LogP contribution in [0.5, 0.6) is 0 Å². The SMILES string of the molecule is Fc1cc(F)cc(-c2noc(C3CCNCC3)n2)c1. The fourth-order valence-electron chi connectivity index (χ4n) is 2.27. The summed E-state index contributed by atoms with van der Waals surface area (Å²) in [7, 11) is 0. The van der Waals surface area contributed by atoms with Crippen LogP contribution in [0.1, 0.15) is 24.7 Å². The van der Waals surface area contributed by atoms with Gasteiger partial charge in [-0.15, -0.1) is 0 Å². The number of rotatable bonds is 2. The number of piperidine rings is 1. The zero-order valence-corrected chi connectivity index (χ0v) is 10.2. The highest BCUT2D eigenvalue weighted by Gasteiger charge is 2.22. The molecule has 2 aromatic rings. The van der Waals surface area contributed by atoms with Crippen LogP contribution in [0.4, 0.5) is 8.78 Å². The second-order valence-electron chi connectivity index (χ2n) is 4.64. The van der Waals surface area contributed by atoms with Crippen molar-refractivity contribution in [2.75, 3.05) is 13.1 Å². The number of hydrogen-bond acceptors (Lipinski definition) is 4. The van der Waals surface area contributed by atoms with Gasteiger partial charge in [-0.05, 0) is 38.1 Å². The van der Waals surface area contributed by atoms with Gasteiger partial charge in [-0.3, -0.25) is 0 Å². The Hall–Kier alpha value is -1.82. The van der Waals surface area contributed by atoms with Crippen LogP contribution in [0.15, 0.2) is 22.7 Å². The quantitative estimate of drug-likeness (QED) is 0.906. The molecule has 4 nitrogen and oxygen atoms in total. The molecular weight excluding hydrogens is 252 g/mol. The van der Waals surface area contributed by atoms with Gasteiger partial charge in [0.2, 0.25) is 11.7 Å². The smallest absolute Gasteiger partial charge is 0.230 e. The lowest BCUT2D eigenvalue weighted by molar-refractivity contribution is 0.320. The zero-order valence-electron chi connectivity index (χ0n) is 10.2. The first-order chi connectivity index (χ1) is 9.22. The number of halogens is 2. The highest BCUT2D eigenvalue weighted by Crippen LogP contribution is 2.26. The maximum atomic E-state index is 13.1. The van der Waals surface area contributed by atoms with Crippen LogP contribution in [0, 0.1) is 11.6 Å². The highest BCUT2D eigenvalue weighted by molar-refractivity contribution is 5.54. The van der Waals surface area contributed by atoms with E-state index in [1.165, 1.54) is 12.1 Å². The predicted molar refractivity (Wildman–Crippen MR) is 64.5 cm³/mol. The summed E-state index contributed by atoms with van der Waals surface area (Å²) in [6.07, 6.45) is 1.86. The van der Waals surface area contributed by atoms with Crippen LogP contribution in [-0.2, 0) is 0 Å². The van der Waals surface area contributed by atoms with E-state index in [4.69, 9.17) is 4.52 Å². The molecule has 1 saturated heterocycles. The lowest BCUT2D eigenvalue weighted by Crippen LogP contribution is -2.26. The minimum absolute atomic E-state index is 0.223. The summed E-state index contributed by atoms with van der Waals surface area (Å²) < 4.78 is 31.5. The van der Waals surface area contributed by atoms with Gasteiger partial charge in [0.1, 0.15) is 11.6 Å². The minimum Gasteiger partial charge on any atom is -0.339 e. The van der Waals surface area contributed by atoms with E-state index in [1.54, 1.807) is 0 Å². The van der Waals surface area contributed by atoms with E-state index in [0.29, 0.717) is 11.5 Å². The molecule has 1 aromatic heterocycles. The van der Waals surface area contributed by atoms with E-state index >= 15 is 0 Å². The van der Waals surface area contributed by atoms with Crippen molar-refractivity contribution in [3.05, 3.63) is 35.7 Å². The van der Waals surface area contributed by atoms with Crippen LogP contribution in [-0.4, -0.2) is 23.2 Å². The van der Waals surface area contributed by atoms with Crippen LogP contribution in [0.3, 0.4) is 0 Å². The van der Waals surface area contributed by atoms with Crippen LogP contribution in [0.2, 0.25) is 0 Å².